The van der Waals surface area contributed by atoms with E-state index in [4.69, 9.17) is 5.73 Å². The van der Waals surface area contributed by atoms with E-state index in [-0.39, 0.29) is 0 Å². The predicted octanol–water partition coefficient (Wildman–Crippen LogP) is 2.31. The average molecular weight is 267 g/mol. The molecule has 2 rings (SSSR count). The molecule has 0 unspecified atom stereocenters. The number of nitrogens with two attached hydrogens (primary N) is 1. The molecule has 0 spiro atoms. The van der Waals surface area contributed by atoms with Gasteiger partial charge in [0.2, 0.25) is 0 Å². The molecule has 0 aromatic carbocycles. The highest BCUT2D eigenvalue weighted by Crippen LogP contribution is 2.38. The van der Waals surface area contributed by atoms with Gasteiger partial charge >= 0.3 is 0 Å². The van der Waals surface area contributed by atoms with Crippen LogP contribution in [-0.2, 0) is 0 Å². The van der Waals surface area contributed by atoms with Gasteiger partial charge in [0.15, 0.2) is 0 Å². The van der Waals surface area contributed by atoms with Gasteiger partial charge in [-0.3, -0.25) is 4.90 Å². The van der Waals surface area contributed by atoms with E-state index in [1.165, 1.54) is 58.3 Å². The quantitative estimate of drug-likeness (QED) is 0.768. The lowest BCUT2D eigenvalue weighted by molar-refractivity contribution is 0.0188. The highest BCUT2D eigenvalue weighted by Gasteiger charge is 2.44. The third kappa shape index (κ3) is 3.71. The number of rotatable bonds is 7. The molecule has 19 heavy (non-hydrogen) atoms. The summed E-state index contributed by atoms with van der Waals surface area (Å²) in [6.07, 6.45) is 6.66. The summed E-state index contributed by atoms with van der Waals surface area (Å²) in [5.41, 5.74) is 6.55. The summed E-state index contributed by atoms with van der Waals surface area (Å²) in [7, 11) is 0. The van der Waals surface area contributed by atoms with Crippen molar-refractivity contribution < 1.29 is 0 Å². The molecule has 1 heterocycles. The van der Waals surface area contributed by atoms with Crippen LogP contribution >= 0.6 is 0 Å². The number of likely N-dealkylation sites (tertiary alicyclic amines) is 1. The van der Waals surface area contributed by atoms with Gasteiger partial charge < -0.3 is 10.6 Å². The van der Waals surface area contributed by atoms with Crippen molar-refractivity contribution in [3.8, 4) is 0 Å². The summed E-state index contributed by atoms with van der Waals surface area (Å²) in [6.45, 7) is 12.7. The number of hydrogen-bond acceptors (Lipinski definition) is 3. The molecule has 0 bridgehead atoms. The molecule has 0 radical (unpaired) electrons. The van der Waals surface area contributed by atoms with Crippen LogP contribution in [0.4, 0.5) is 0 Å². The molecule has 3 heteroatoms. The van der Waals surface area contributed by atoms with E-state index in [1.54, 1.807) is 0 Å². The zero-order valence-corrected chi connectivity index (χ0v) is 13.2. The normalized spacial score (nSPS) is 24.3. The molecule has 1 aliphatic carbocycles. The van der Waals surface area contributed by atoms with E-state index in [0.29, 0.717) is 5.54 Å². The molecular formula is C16H33N3. The minimum Gasteiger partial charge on any atom is -0.329 e. The third-order valence-electron chi connectivity index (χ3n) is 5.16. The molecule has 0 atom stereocenters. The van der Waals surface area contributed by atoms with Gasteiger partial charge in [-0.25, -0.2) is 0 Å². The lowest BCUT2D eigenvalue weighted by Gasteiger charge is -2.49. The molecular weight excluding hydrogens is 234 g/mol. The predicted molar refractivity (Wildman–Crippen MR) is 82.3 cm³/mol. The third-order valence-corrected chi connectivity index (χ3v) is 5.16. The second kappa shape index (κ2) is 6.55. The van der Waals surface area contributed by atoms with E-state index in [2.05, 4.69) is 30.6 Å². The first-order valence-corrected chi connectivity index (χ1v) is 8.30. The Kier molecular flexibility index (Phi) is 5.27. The largest absolute Gasteiger partial charge is 0.329 e. The van der Waals surface area contributed by atoms with Crippen molar-refractivity contribution in [2.45, 2.75) is 64.5 Å². The molecule has 2 N–H and O–H groups in total. The SMILES string of the molecule is CCN1CCC(CN)(N(CCC(C)C)C2CC2)CC1. The van der Waals surface area contributed by atoms with Crippen LogP contribution < -0.4 is 5.73 Å². The zero-order chi connectivity index (χ0) is 13.9. The Bertz CT molecular complexity index is 265. The topological polar surface area (TPSA) is 32.5 Å². The fraction of sp³-hybridized carbons (Fsp3) is 1.00. The Hall–Kier alpha value is -0.120. The van der Waals surface area contributed by atoms with Gasteiger partial charge in [0.25, 0.3) is 0 Å². The molecule has 2 aliphatic rings. The van der Waals surface area contributed by atoms with Crippen molar-refractivity contribution in [3.63, 3.8) is 0 Å². The van der Waals surface area contributed by atoms with Crippen LogP contribution in [0.2, 0.25) is 0 Å². The zero-order valence-electron chi connectivity index (χ0n) is 13.2. The summed E-state index contributed by atoms with van der Waals surface area (Å²) < 4.78 is 0. The minimum absolute atomic E-state index is 0.307. The fourth-order valence-corrected chi connectivity index (χ4v) is 3.48. The maximum absolute atomic E-state index is 6.24. The van der Waals surface area contributed by atoms with Gasteiger partial charge in [-0.2, -0.15) is 0 Å². The van der Waals surface area contributed by atoms with Gasteiger partial charge in [0.1, 0.15) is 0 Å². The van der Waals surface area contributed by atoms with Crippen molar-refractivity contribution in [1.82, 2.24) is 9.80 Å². The van der Waals surface area contributed by atoms with Crippen LogP contribution in [0.15, 0.2) is 0 Å². The second-order valence-electron chi connectivity index (χ2n) is 6.97. The monoisotopic (exact) mass is 267 g/mol. The lowest BCUT2D eigenvalue weighted by Crippen LogP contribution is -2.60. The van der Waals surface area contributed by atoms with Crippen molar-refractivity contribution in [3.05, 3.63) is 0 Å². The maximum Gasteiger partial charge on any atom is 0.0358 e. The van der Waals surface area contributed by atoms with Gasteiger partial charge in [-0.05, 0) is 64.2 Å². The average Bonchev–Trinajstić information content (AvgIpc) is 3.24. The summed E-state index contributed by atoms with van der Waals surface area (Å²) in [5.74, 6) is 0.798. The van der Waals surface area contributed by atoms with E-state index >= 15 is 0 Å². The van der Waals surface area contributed by atoms with Crippen LogP contribution in [0.3, 0.4) is 0 Å². The highest BCUT2D eigenvalue weighted by molar-refractivity contribution is 5.02. The molecule has 1 saturated carbocycles. The number of hydrogen-bond donors (Lipinski definition) is 1. The van der Waals surface area contributed by atoms with E-state index < -0.39 is 0 Å². The highest BCUT2D eigenvalue weighted by atomic mass is 15.3. The molecule has 3 nitrogen and oxygen atoms in total. The molecule has 1 aliphatic heterocycles. The Labute approximate surface area is 119 Å². The van der Waals surface area contributed by atoms with Crippen LogP contribution in [0.5, 0.6) is 0 Å². The molecule has 0 aromatic heterocycles. The number of nitrogens with zero attached hydrogens (tertiary/aromatic N) is 2. The summed E-state index contributed by atoms with van der Waals surface area (Å²) in [5, 5.41) is 0. The van der Waals surface area contributed by atoms with Crippen LogP contribution in [-0.4, -0.2) is 54.1 Å². The Morgan fingerprint density at radius 3 is 2.32 bits per heavy atom. The summed E-state index contributed by atoms with van der Waals surface area (Å²) >= 11 is 0. The molecule has 2 fully saturated rings. The van der Waals surface area contributed by atoms with E-state index in [0.717, 1.165) is 18.5 Å². The van der Waals surface area contributed by atoms with Crippen molar-refractivity contribution in [2.75, 3.05) is 32.7 Å². The molecule has 1 saturated heterocycles. The van der Waals surface area contributed by atoms with Crippen molar-refractivity contribution >= 4 is 0 Å². The smallest absolute Gasteiger partial charge is 0.0358 e. The van der Waals surface area contributed by atoms with E-state index in [1.807, 2.05) is 0 Å². The Morgan fingerprint density at radius 2 is 1.89 bits per heavy atom. The van der Waals surface area contributed by atoms with Gasteiger partial charge in [0, 0.05) is 18.1 Å². The standard InChI is InChI=1S/C16H33N3/c1-4-18-11-8-16(13-17,9-12-18)19(15-5-6-15)10-7-14(2)3/h14-15H,4-13,17H2,1-3H3. The van der Waals surface area contributed by atoms with Crippen molar-refractivity contribution in [2.24, 2.45) is 11.7 Å². The Morgan fingerprint density at radius 1 is 1.26 bits per heavy atom. The molecule has 0 amide bonds. The van der Waals surface area contributed by atoms with E-state index in [9.17, 15) is 0 Å². The van der Waals surface area contributed by atoms with Gasteiger partial charge in [-0.1, -0.05) is 20.8 Å². The van der Waals surface area contributed by atoms with Crippen molar-refractivity contribution in [1.29, 1.82) is 0 Å². The summed E-state index contributed by atoms with van der Waals surface area (Å²) in [4.78, 5) is 5.38. The molecule has 0 aromatic rings. The molecule has 112 valence electrons. The first-order chi connectivity index (χ1) is 9.11. The first kappa shape index (κ1) is 15.3. The summed E-state index contributed by atoms with van der Waals surface area (Å²) in [6, 6.07) is 0.843. The lowest BCUT2D eigenvalue weighted by atomic mass is 9.84. The van der Waals surface area contributed by atoms with Crippen LogP contribution in [0.1, 0.15) is 52.9 Å². The minimum atomic E-state index is 0.307. The fourth-order valence-electron chi connectivity index (χ4n) is 3.48. The Balaban J connectivity index is 2.00. The first-order valence-electron chi connectivity index (χ1n) is 8.30. The van der Waals surface area contributed by atoms with Gasteiger partial charge in [0.05, 0.1) is 0 Å². The van der Waals surface area contributed by atoms with Crippen LogP contribution in [0.25, 0.3) is 0 Å². The maximum atomic E-state index is 6.24. The number of piperidine rings is 1. The van der Waals surface area contributed by atoms with Gasteiger partial charge in [-0.15, -0.1) is 0 Å². The second-order valence-corrected chi connectivity index (χ2v) is 6.97. The van der Waals surface area contributed by atoms with Crippen LogP contribution in [0, 0.1) is 5.92 Å².